The van der Waals surface area contributed by atoms with E-state index in [-0.39, 0.29) is 36.1 Å². The van der Waals surface area contributed by atoms with Crippen molar-refractivity contribution in [3.8, 4) is 17.2 Å². The predicted octanol–water partition coefficient (Wildman–Crippen LogP) is 8.81. The predicted molar refractivity (Wildman–Crippen MR) is 204 cm³/mol. The number of aromatic amines is 1. The van der Waals surface area contributed by atoms with Crippen molar-refractivity contribution in [2.75, 3.05) is 6.61 Å². The monoisotopic (exact) mass is 693 g/mol. The Morgan fingerprint density at radius 3 is 2.27 bits per heavy atom. The van der Waals surface area contributed by atoms with Gasteiger partial charge < -0.3 is 31.4 Å². The molecule has 8 nitrogen and oxygen atoms in total. The molecule has 1 aromatic heterocycles. The Labute approximate surface area is 302 Å². The lowest BCUT2D eigenvalue weighted by Crippen LogP contribution is -2.20. The van der Waals surface area contributed by atoms with E-state index in [0.717, 1.165) is 41.0 Å². The number of carbonyl (C=O) groups excluding carboxylic acids is 2. The number of nitrogens with one attached hydrogen (secondary N) is 1. The molecule has 0 radical (unpaired) electrons. The van der Waals surface area contributed by atoms with E-state index < -0.39 is 12.1 Å². The number of allylic oxidation sites excluding steroid dienone is 2. The van der Waals surface area contributed by atoms with Crippen LogP contribution in [-0.4, -0.2) is 33.4 Å². The smallest absolute Gasteiger partial charge is 0.165 e. The molecule has 0 amide bonds. The van der Waals surface area contributed by atoms with Gasteiger partial charge in [-0.15, -0.1) is 0 Å². The fourth-order valence-corrected chi connectivity index (χ4v) is 6.34. The SMILES string of the molecule is CCCCC[C@H](C)CCC/C=C/C(=O)CCc1ccc(O)c(OCCc2ccc(O)c([C@H](CC(=O)c3cc[nH]c3)c3ccc(C(N)N)cc3)c2)c1. The van der Waals surface area contributed by atoms with Crippen molar-refractivity contribution in [2.24, 2.45) is 17.4 Å². The van der Waals surface area contributed by atoms with Crippen LogP contribution in [0.3, 0.4) is 0 Å². The average Bonchev–Trinajstić information content (AvgIpc) is 3.67. The lowest BCUT2D eigenvalue weighted by atomic mass is 9.84. The third-order valence-electron chi connectivity index (χ3n) is 9.51. The van der Waals surface area contributed by atoms with Gasteiger partial charge >= 0.3 is 0 Å². The molecule has 0 aliphatic carbocycles. The van der Waals surface area contributed by atoms with Crippen LogP contribution in [0, 0.1) is 5.92 Å². The van der Waals surface area contributed by atoms with E-state index in [1.54, 1.807) is 42.7 Å². The van der Waals surface area contributed by atoms with Crippen molar-refractivity contribution in [2.45, 2.75) is 96.6 Å². The number of unbranched alkanes of at least 4 members (excludes halogenated alkanes) is 3. The maximum absolute atomic E-state index is 13.2. The summed E-state index contributed by atoms with van der Waals surface area (Å²) in [5.41, 5.74) is 16.3. The second-order valence-electron chi connectivity index (χ2n) is 13.7. The third-order valence-corrected chi connectivity index (χ3v) is 9.51. The Bertz CT molecular complexity index is 1700. The van der Waals surface area contributed by atoms with Crippen molar-refractivity contribution in [1.82, 2.24) is 4.98 Å². The number of carbonyl (C=O) groups is 2. The number of nitrogens with two attached hydrogens (primary N) is 2. The maximum Gasteiger partial charge on any atom is 0.165 e. The number of ether oxygens (including phenoxy) is 1. The van der Waals surface area contributed by atoms with Crippen LogP contribution in [0.25, 0.3) is 0 Å². The van der Waals surface area contributed by atoms with Gasteiger partial charge in [0, 0.05) is 48.7 Å². The van der Waals surface area contributed by atoms with E-state index in [4.69, 9.17) is 16.2 Å². The molecule has 8 heteroatoms. The molecule has 0 aliphatic heterocycles. The number of aryl methyl sites for hydroxylation is 1. The van der Waals surface area contributed by atoms with Crippen molar-refractivity contribution in [1.29, 1.82) is 0 Å². The van der Waals surface area contributed by atoms with Crippen LogP contribution in [0.2, 0.25) is 0 Å². The number of aromatic nitrogens is 1. The minimum Gasteiger partial charge on any atom is -0.508 e. The van der Waals surface area contributed by atoms with E-state index in [9.17, 15) is 19.8 Å². The van der Waals surface area contributed by atoms with Gasteiger partial charge in [-0.1, -0.05) is 94.5 Å². The molecule has 0 saturated heterocycles. The lowest BCUT2D eigenvalue weighted by Gasteiger charge is -2.20. The van der Waals surface area contributed by atoms with E-state index in [1.807, 2.05) is 48.5 Å². The van der Waals surface area contributed by atoms with E-state index in [1.165, 1.54) is 32.1 Å². The van der Waals surface area contributed by atoms with Crippen molar-refractivity contribution in [3.05, 3.63) is 125 Å². The van der Waals surface area contributed by atoms with Gasteiger partial charge in [-0.25, -0.2) is 0 Å². The Morgan fingerprint density at radius 1 is 0.863 bits per heavy atom. The van der Waals surface area contributed by atoms with Gasteiger partial charge in [0.25, 0.3) is 0 Å². The standard InChI is InChI=1S/C43H55N3O5/c1-3-4-6-9-30(2)10-7-5-8-11-36(47)19-12-31-14-21-40(49)42(27-31)51-25-23-32-13-20-39(48)38(26-32)37(28-41(50)35-22-24-46-29-35)33-15-17-34(18-16-33)43(44)45/h8,11,13-18,20-22,24,26-27,29-30,37,43,46,48-49H,3-7,9-10,12,19,23,25,28,44-45H2,1-2H3/b11-8+/t30-,37+/m0/s1. The number of hydrogen-bond donors (Lipinski definition) is 5. The van der Waals surface area contributed by atoms with E-state index in [2.05, 4.69) is 18.8 Å². The lowest BCUT2D eigenvalue weighted by molar-refractivity contribution is -0.114. The van der Waals surface area contributed by atoms with Gasteiger partial charge in [-0.3, -0.25) is 9.59 Å². The molecular formula is C43H55N3O5. The van der Waals surface area contributed by atoms with E-state index >= 15 is 0 Å². The highest BCUT2D eigenvalue weighted by molar-refractivity contribution is 5.96. The quantitative estimate of drug-likeness (QED) is 0.0239. The summed E-state index contributed by atoms with van der Waals surface area (Å²) in [4.78, 5) is 28.7. The second-order valence-corrected chi connectivity index (χ2v) is 13.7. The first-order chi connectivity index (χ1) is 24.6. The average molecular weight is 694 g/mol. The van der Waals surface area contributed by atoms with E-state index in [0.29, 0.717) is 36.1 Å². The number of phenolic OH excluding ortho intramolecular Hbond substituents is 2. The molecule has 0 aliphatic rings. The molecule has 272 valence electrons. The summed E-state index contributed by atoms with van der Waals surface area (Å²) in [6, 6.07) is 19.8. The molecule has 0 bridgehead atoms. The highest BCUT2D eigenvalue weighted by Gasteiger charge is 2.23. The zero-order valence-electron chi connectivity index (χ0n) is 30.2. The summed E-state index contributed by atoms with van der Waals surface area (Å²) in [7, 11) is 0. The van der Waals surface area contributed by atoms with Crippen molar-refractivity contribution in [3.63, 3.8) is 0 Å². The molecule has 3 aromatic carbocycles. The number of benzene rings is 3. The number of rotatable bonds is 22. The minimum atomic E-state index is -0.617. The number of ketones is 2. The number of H-pyrrole nitrogens is 1. The highest BCUT2D eigenvalue weighted by atomic mass is 16.5. The molecule has 51 heavy (non-hydrogen) atoms. The maximum atomic E-state index is 13.2. The fraction of sp³-hybridized carbons (Fsp3) is 0.395. The van der Waals surface area contributed by atoms with Gasteiger partial charge in [0.15, 0.2) is 23.1 Å². The number of phenols is 2. The summed E-state index contributed by atoms with van der Waals surface area (Å²) < 4.78 is 6.00. The minimum absolute atomic E-state index is 0.0317. The Kier molecular flexibility index (Phi) is 15.5. The first-order valence-corrected chi connectivity index (χ1v) is 18.4. The molecule has 2 atom stereocenters. The molecule has 0 saturated carbocycles. The van der Waals surface area contributed by atoms with Gasteiger partial charge in [0.1, 0.15) is 5.75 Å². The highest BCUT2D eigenvalue weighted by Crippen LogP contribution is 2.36. The van der Waals surface area contributed by atoms with Gasteiger partial charge in [-0.05, 0) is 77.8 Å². The van der Waals surface area contributed by atoms with Crippen molar-refractivity contribution < 1.29 is 24.5 Å². The molecule has 1 heterocycles. The summed E-state index contributed by atoms with van der Waals surface area (Å²) in [6.07, 6.45) is 16.4. The van der Waals surface area contributed by atoms with Crippen LogP contribution in [0.15, 0.2) is 91.3 Å². The molecular weight excluding hydrogens is 638 g/mol. The normalized spacial score (nSPS) is 12.7. The number of hydrogen-bond acceptors (Lipinski definition) is 7. The zero-order chi connectivity index (χ0) is 36.6. The van der Waals surface area contributed by atoms with Crippen LogP contribution < -0.4 is 16.2 Å². The number of aromatic hydroxyl groups is 2. The second kappa shape index (κ2) is 20.3. The summed E-state index contributed by atoms with van der Waals surface area (Å²) >= 11 is 0. The third kappa shape index (κ3) is 12.6. The summed E-state index contributed by atoms with van der Waals surface area (Å²) in [5, 5.41) is 21.5. The molecule has 0 spiro atoms. The largest absolute Gasteiger partial charge is 0.508 e. The Balaban J connectivity index is 1.34. The van der Waals surface area contributed by atoms with Gasteiger partial charge in [0.05, 0.1) is 12.8 Å². The van der Waals surface area contributed by atoms with Crippen LogP contribution in [-0.2, 0) is 17.6 Å². The molecule has 4 aromatic rings. The Morgan fingerprint density at radius 2 is 1.57 bits per heavy atom. The first kappa shape index (κ1) is 39.1. The van der Waals surface area contributed by atoms with Crippen LogP contribution in [0.1, 0.15) is 122 Å². The summed E-state index contributed by atoms with van der Waals surface area (Å²) in [6.45, 7) is 4.82. The number of Topliss-reactive ketones (excluding diaryl/α,β-unsaturated/α-hetero) is 1. The molecule has 4 rings (SSSR count). The van der Waals surface area contributed by atoms with Crippen molar-refractivity contribution >= 4 is 11.6 Å². The first-order valence-electron chi connectivity index (χ1n) is 18.4. The fourth-order valence-electron chi connectivity index (χ4n) is 6.34. The Hall–Kier alpha value is -4.66. The van der Waals surface area contributed by atoms with Gasteiger partial charge in [-0.2, -0.15) is 0 Å². The molecule has 0 unspecified atom stereocenters. The van der Waals surface area contributed by atoms with Gasteiger partial charge in [0.2, 0.25) is 0 Å². The molecule has 0 fully saturated rings. The van der Waals surface area contributed by atoms with Crippen LogP contribution in [0.5, 0.6) is 17.2 Å². The topological polar surface area (TPSA) is 152 Å². The van der Waals surface area contributed by atoms with Crippen LogP contribution in [0.4, 0.5) is 0 Å². The zero-order valence-corrected chi connectivity index (χ0v) is 30.2. The summed E-state index contributed by atoms with van der Waals surface area (Å²) in [5.74, 6) is 0.838. The molecule has 7 N–H and O–H groups in total. The van der Waals surface area contributed by atoms with Crippen LogP contribution >= 0.6 is 0 Å².